The summed E-state index contributed by atoms with van der Waals surface area (Å²) in [5, 5.41) is 7.03. The minimum atomic E-state index is -2.77. The summed E-state index contributed by atoms with van der Waals surface area (Å²) in [4.78, 5) is 0. The van der Waals surface area contributed by atoms with Crippen LogP contribution in [0.4, 0.5) is 0 Å². The molecule has 7 heteroatoms. The van der Waals surface area contributed by atoms with Gasteiger partial charge in [-0.15, -0.1) is 4.33 Å². The molecule has 1 unspecified atom stereocenters. The van der Waals surface area contributed by atoms with Gasteiger partial charge in [-0.05, 0) is 0 Å². The fourth-order valence-corrected chi connectivity index (χ4v) is 0. The first-order valence-corrected chi connectivity index (χ1v) is 2.74. The molecule has 0 aliphatic heterocycles. The van der Waals surface area contributed by atoms with Crippen LogP contribution in [0.1, 0.15) is 6.92 Å². The minimum Gasteiger partial charge on any atom is -0.748 e. The first kappa shape index (κ1) is 16.4. The molecule has 0 saturated heterocycles. The van der Waals surface area contributed by atoms with Gasteiger partial charge in [0.2, 0.25) is 0 Å². The summed E-state index contributed by atoms with van der Waals surface area (Å²) >= 11 is -2.77. The summed E-state index contributed by atoms with van der Waals surface area (Å²) < 4.78 is 20.5. The predicted molar refractivity (Wildman–Crippen MR) is 33.3 cm³/mol. The quantitative estimate of drug-likeness (QED) is 0.255. The Morgan fingerprint density at radius 3 is 2.00 bits per heavy atom. The van der Waals surface area contributed by atoms with E-state index in [-0.39, 0.29) is 23.1 Å². The number of nitrogens with one attached hydrogen (secondary N) is 1. The average Bonchev–Trinajstić information content (AvgIpc) is 1.69. The van der Waals surface area contributed by atoms with Crippen molar-refractivity contribution in [2.75, 3.05) is 6.54 Å². The van der Waals surface area contributed by atoms with Gasteiger partial charge in [0.25, 0.3) is 0 Å². The van der Waals surface area contributed by atoms with E-state index in [0.29, 0.717) is 6.54 Å². The van der Waals surface area contributed by atoms with Gasteiger partial charge in [0, 0.05) is 0 Å². The van der Waals surface area contributed by atoms with E-state index in [1.807, 2.05) is 0 Å². The van der Waals surface area contributed by atoms with Crippen molar-refractivity contribution in [3.05, 3.63) is 5.73 Å². The van der Waals surface area contributed by atoms with Crippen LogP contribution < -0.4 is 0 Å². The van der Waals surface area contributed by atoms with Crippen LogP contribution in [0.3, 0.4) is 0 Å². The Morgan fingerprint density at radius 2 is 2.00 bits per heavy atom. The monoisotopic (exact) mass is 165 g/mol. The molecule has 0 aliphatic rings. The molecule has 0 aromatic rings. The third kappa shape index (κ3) is 52.6. The molecule has 5 nitrogen and oxygen atoms in total. The Bertz CT molecular complexity index is 62.5. The van der Waals surface area contributed by atoms with E-state index < -0.39 is 11.4 Å². The van der Waals surface area contributed by atoms with E-state index in [9.17, 15) is 0 Å². The van der Waals surface area contributed by atoms with E-state index in [4.69, 9.17) is 19.8 Å². The molecule has 0 rings (SSSR count). The van der Waals surface area contributed by atoms with Gasteiger partial charge in [-0.25, -0.2) is 9.47 Å². The summed E-state index contributed by atoms with van der Waals surface area (Å²) in [6, 6.07) is 0. The Hall–Kier alpha value is 0.756. The van der Waals surface area contributed by atoms with Crippen molar-refractivity contribution in [3.8, 4) is 0 Å². The van der Waals surface area contributed by atoms with Crippen molar-refractivity contribution in [3.63, 3.8) is 0 Å². The minimum absolute atomic E-state index is 0. The Kier molecular flexibility index (Phi) is 28.9. The van der Waals surface area contributed by atoms with Crippen molar-refractivity contribution in [2.24, 2.45) is 0 Å². The topological polar surface area (TPSA) is 93.4 Å². The van der Waals surface area contributed by atoms with Gasteiger partial charge in [0.1, 0.15) is 11.4 Å². The SMILES string of the molecule is CC[NH-].O=S([O-])OO.[Mg+2]. The molecule has 0 bridgehead atoms. The van der Waals surface area contributed by atoms with E-state index in [0.717, 1.165) is 0 Å². The van der Waals surface area contributed by atoms with Crippen molar-refractivity contribution < 1.29 is 18.4 Å². The molecule has 2 N–H and O–H groups in total. The van der Waals surface area contributed by atoms with E-state index in [1.165, 1.54) is 0 Å². The van der Waals surface area contributed by atoms with Crippen LogP contribution in [-0.4, -0.2) is 43.6 Å². The summed E-state index contributed by atoms with van der Waals surface area (Å²) in [6.07, 6.45) is 0. The van der Waals surface area contributed by atoms with Crippen LogP contribution in [-0.2, 0) is 15.7 Å². The Balaban J connectivity index is -0.0000000800. The molecule has 0 aromatic heterocycles. The zero-order valence-corrected chi connectivity index (χ0v) is 7.23. The molecule has 9 heavy (non-hydrogen) atoms. The molecule has 0 aromatic carbocycles. The van der Waals surface area contributed by atoms with Crippen LogP contribution in [0.15, 0.2) is 0 Å². The molecule has 0 amide bonds. The van der Waals surface area contributed by atoms with Gasteiger partial charge < -0.3 is 10.3 Å². The molecule has 0 saturated carbocycles. The third-order valence-electron chi connectivity index (χ3n) is 0.0609. The van der Waals surface area contributed by atoms with Crippen molar-refractivity contribution in [1.82, 2.24) is 0 Å². The average molecular weight is 165 g/mol. The Morgan fingerprint density at radius 1 is 1.89 bits per heavy atom. The molecule has 0 spiro atoms. The second-order valence-electron chi connectivity index (χ2n) is 0.632. The number of hydrogen-bond donors (Lipinski definition) is 1. The van der Waals surface area contributed by atoms with Crippen LogP contribution in [0.2, 0.25) is 0 Å². The smallest absolute Gasteiger partial charge is 0.748 e. The van der Waals surface area contributed by atoms with Crippen LogP contribution in [0, 0.1) is 0 Å². The molecule has 52 valence electrons. The van der Waals surface area contributed by atoms with E-state index in [1.54, 1.807) is 6.92 Å². The van der Waals surface area contributed by atoms with E-state index in [2.05, 4.69) is 4.33 Å². The van der Waals surface area contributed by atoms with Crippen molar-refractivity contribution in [2.45, 2.75) is 6.92 Å². The molecule has 1 atom stereocenters. The molecule has 0 fully saturated rings. The van der Waals surface area contributed by atoms with Gasteiger partial charge in [-0.2, -0.15) is 6.54 Å². The Labute approximate surface area is 72.1 Å². The van der Waals surface area contributed by atoms with Gasteiger partial charge in [-0.3, -0.25) is 0 Å². The van der Waals surface area contributed by atoms with Crippen molar-refractivity contribution in [1.29, 1.82) is 0 Å². The fraction of sp³-hybridized carbons (Fsp3) is 1.00. The fourth-order valence-electron chi connectivity index (χ4n) is 0. The summed E-state index contributed by atoms with van der Waals surface area (Å²) in [7, 11) is 0. The molecule has 0 aliphatic carbocycles. The zero-order chi connectivity index (χ0) is 6.99. The first-order valence-electron chi connectivity index (χ1n) is 1.74. The third-order valence-corrected chi connectivity index (χ3v) is 0.183. The van der Waals surface area contributed by atoms with Crippen LogP contribution in [0.5, 0.6) is 0 Å². The van der Waals surface area contributed by atoms with Crippen LogP contribution >= 0.6 is 0 Å². The van der Waals surface area contributed by atoms with E-state index >= 15 is 0 Å². The number of rotatable bonds is 1. The molecular weight excluding hydrogens is 158 g/mol. The van der Waals surface area contributed by atoms with Gasteiger partial charge in [-0.1, -0.05) is 6.92 Å². The molecular formula is C2H7MgNO4S. The normalized spacial score (nSPS) is 10.2. The maximum Gasteiger partial charge on any atom is 2.00 e. The summed E-state index contributed by atoms with van der Waals surface area (Å²) in [5.74, 6) is 0. The van der Waals surface area contributed by atoms with Crippen molar-refractivity contribution >= 4 is 34.4 Å². The second kappa shape index (κ2) is 15.9. The molecule has 0 radical (unpaired) electrons. The number of hydrogen-bond acceptors (Lipinski definition) is 4. The second-order valence-corrected chi connectivity index (χ2v) is 1.19. The van der Waals surface area contributed by atoms with Gasteiger partial charge in [0.15, 0.2) is 0 Å². The van der Waals surface area contributed by atoms with Crippen LogP contribution in [0.25, 0.3) is 5.73 Å². The summed E-state index contributed by atoms with van der Waals surface area (Å²) in [5.41, 5.74) is 6.21. The molecule has 0 heterocycles. The van der Waals surface area contributed by atoms with Gasteiger partial charge >= 0.3 is 23.1 Å². The standard InChI is InChI=1S/C2H6N.Mg.H2O4S/c1-2-3;;1-4-5(2)3/h3H,2H2,1H3;;1H,(H,2,3)/q-1;+2;/p-1. The van der Waals surface area contributed by atoms with Gasteiger partial charge in [0.05, 0.1) is 0 Å². The maximum absolute atomic E-state index is 8.90. The largest absolute Gasteiger partial charge is 2.00 e. The first-order chi connectivity index (χ1) is 3.68. The zero-order valence-electron chi connectivity index (χ0n) is 4.99. The summed E-state index contributed by atoms with van der Waals surface area (Å²) in [6.45, 7) is 2.29. The predicted octanol–water partition coefficient (Wildman–Crippen LogP) is -0.0522. The maximum atomic E-state index is 8.90.